The third-order valence-electron chi connectivity index (χ3n) is 6.09. The predicted molar refractivity (Wildman–Crippen MR) is 136 cm³/mol. The SMILES string of the molecule is CCNC(=O)N(CCN1CCOCC1)Cc1cnc(S(=O)(=O)Cc2ccccc2C)n1CC(C)C. The molecular formula is C25H39N5O4S. The van der Waals surface area contributed by atoms with Crippen LogP contribution in [0.2, 0.25) is 0 Å². The molecule has 0 spiro atoms. The van der Waals surface area contributed by atoms with Crippen molar-refractivity contribution in [3.8, 4) is 0 Å². The lowest BCUT2D eigenvalue weighted by atomic mass is 10.1. The number of hydrogen-bond donors (Lipinski definition) is 1. The summed E-state index contributed by atoms with van der Waals surface area (Å²) in [5, 5.41) is 2.95. The summed E-state index contributed by atoms with van der Waals surface area (Å²) >= 11 is 0. The quantitative estimate of drug-likeness (QED) is 0.504. The van der Waals surface area contributed by atoms with E-state index >= 15 is 0 Å². The number of carbonyl (C=O) groups is 1. The Kier molecular flexibility index (Phi) is 9.71. The Balaban J connectivity index is 1.85. The Hall–Kier alpha value is -2.43. The second kappa shape index (κ2) is 12.5. The number of imidazole rings is 1. The van der Waals surface area contributed by atoms with Crippen molar-refractivity contribution in [2.45, 2.75) is 51.7 Å². The highest BCUT2D eigenvalue weighted by atomic mass is 32.2. The highest BCUT2D eigenvalue weighted by Gasteiger charge is 2.26. The van der Waals surface area contributed by atoms with Crippen LogP contribution in [0.3, 0.4) is 0 Å². The summed E-state index contributed by atoms with van der Waals surface area (Å²) in [6.07, 6.45) is 1.61. The van der Waals surface area contributed by atoms with Gasteiger partial charge < -0.3 is 19.5 Å². The number of aryl methyl sites for hydroxylation is 1. The highest BCUT2D eigenvalue weighted by Crippen LogP contribution is 2.21. The number of ether oxygens (including phenoxy) is 1. The number of hydrogen-bond acceptors (Lipinski definition) is 6. The van der Waals surface area contributed by atoms with Crippen LogP contribution in [-0.2, 0) is 33.4 Å². The lowest BCUT2D eigenvalue weighted by Gasteiger charge is -2.30. The van der Waals surface area contributed by atoms with Crippen molar-refractivity contribution in [1.29, 1.82) is 0 Å². The van der Waals surface area contributed by atoms with Gasteiger partial charge in [-0.3, -0.25) is 4.90 Å². The number of carbonyl (C=O) groups excluding carboxylic acids is 1. The molecule has 194 valence electrons. The van der Waals surface area contributed by atoms with Gasteiger partial charge >= 0.3 is 6.03 Å². The number of amides is 2. The number of rotatable bonds is 11. The first-order chi connectivity index (χ1) is 16.7. The zero-order valence-corrected chi connectivity index (χ0v) is 22.2. The summed E-state index contributed by atoms with van der Waals surface area (Å²) < 4.78 is 34.1. The minimum atomic E-state index is -3.68. The number of nitrogens with one attached hydrogen (secondary N) is 1. The first kappa shape index (κ1) is 27.2. The Morgan fingerprint density at radius 3 is 2.60 bits per heavy atom. The van der Waals surface area contributed by atoms with Gasteiger partial charge in [0.1, 0.15) is 0 Å². The topological polar surface area (TPSA) is 96.8 Å². The van der Waals surface area contributed by atoms with Gasteiger partial charge in [0.15, 0.2) is 0 Å². The van der Waals surface area contributed by atoms with E-state index in [1.165, 1.54) is 0 Å². The lowest BCUT2D eigenvalue weighted by Crippen LogP contribution is -2.46. The van der Waals surface area contributed by atoms with Gasteiger partial charge in [0.2, 0.25) is 15.0 Å². The molecular weight excluding hydrogens is 466 g/mol. The number of morpholine rings is 1. The third-order valence-corrected chi connectivity index (χ3v) is 7.67. The van der Waals surface area contributed by atoms with Crippen LogP contribution < -0.4 is 5.32 Å². The number of benzene rings is 1. The summed E-state index contributed by atoms with van der Waals surface area (Å²) in [7, 11) is -3.68. The summed E-state index contributed by atoms with van der Waals surface area (Å²) in [5.41, 5.74) is 2.42. The second-order valence-electron chi connectivity index (χ2n) is 9.43. The second-order valence-corrected chi connectivity index (χ2v) is 11.3. The van der Waals surface area contributed by atoms with E-state index in [0.717, 1.165) is 36.5 Å². The molecule has 0 bridgehead atoms. The maximum Gasteiger partial charge on any atom is 0.317 e. The normalized spacial score (nSPS) is 14.9. The molecule has 1 aliphatic rings. The molecule has 1 N–H and O–H groups in total. The molecule has 3 rings (SSSR count). The zero-order chi connectivity index (χ0) is 25.4. The van der Waals surface area contributed by atoms with Crippen LogP contribution in [0, 0.1) is 12.8 Å². The summed E-state index contributed by atoms with van der Waals surface area (Å²) in [4.78, 5) is 21.2. The molecule has 0 saturated carbocycles. The van der Waals surface area contributed by atoms with E-state index < -0.39 is 9.84 Å². The molecule has 0 radical (unpaired) electrons. The van der Waals surface area contributed by atoms with Gasteiger partial charge in [-0.15, -0.1) is 0 Å². The number of urea groups is 1. The lowest BCUT2D eigenvalue weighted by molar-refractivity contribution is 0.0346. The smallest absolute Gasteiger partial charge is 0.317 e. The van der Waals surface area contributed by atoms with Crippen molar-refractivity contribution in [1.82, 2.24) is 24.7 Å². The zero-order valence-electron chi connectivity index (χ0n) is 21.4. The van der Waals surface area contributed by atoms with Crippen molar-refractivity contribution in [3.05, 3.63) is 47.3 Å². The maximum absolute atomic E-state index is 13.4. The number of nitrogens with zero attached hydrogens (tertiary/aromatic N) is 4. The number of aromatic nitrogens is 2. The van der Waals surface area contributed by atoms with Crippen LogP contribution in [0.5, 0.6) is 0 Å². The third kappa shape index (κ3) is 7.52. The average Bonchev–Trinajstić information content (AvgIpc) is 3.21. The Bertz CT molecular complexity index is 1080. The van der Waals surface area contributed by atoms with E-state index in [4.69, 9.17) is 4.74 Å². The van der Waals surface area contributed by atoms with Crippen molar-refractivity contribution in [2.75, 3.05) is 45.9 Å². The van der Waals surface area contributed by atoms with Crippen LogP contribution >= 0.6 is 0 Å². The summed E-state index contributed by atoms with van der Waals surface area (Å²) in [5.74, 6) is 0.104. The van der Waals surface area contributed by atoms with Gasteiger partial charge in [-0.2, -0.15) is 0 Å². The molecule has 10 heteroatoms. The summed E-state index contributed by atoms with van der Waals surface area (Å²) in [6, 6.07) is 7.34. The molecule has 1 aromatic heterocycles. The fourth-order valence-corrected chi connectivity index (χ4v) is 5.77. The molecule has 9 nitrogen and oxygen atoms in total. The van der Waals surface area contributed by atoms with E-state index in [-0.39, 0.29) is 29.4 Å². The van der Waals surface area contributed by atoms with Crippen LogP contribution in [0.15, 0.2) is 35.6 Å². The Labute approximate surface area is 209 Å². The van der Waals surface area contributed by atoms with Gasteiger partial charge in [-0.05, 0) is 30.9 Å². The van der Waals surface area contributed by atoms with Gasteiger partial charge in [-0.25, -0.2) is 18.2 Å². The molecule has 0 unspecified atom stereocenters. The van der Waals surface area contributed by atoms with E-state index in [2.05, 4.69) is 15.2 Å². The molecule has 1 fully saturated rings. The molecule has 0 atom stereocenters. The number of sulfone groups is 1. The first-order valence-electron chi connectivity index (χ1n) is 12.4. The van der Waals surface area contributed by atoms with Gasteiger partial charge in [-0.1, -0.05) is 38.1 Å². The Morgan fingerprint density at radius 1 is 1.23 bits per heavy atom. The largest absolute Gasteiger partial charge is 0.379 e. The van der Waals surface area contributed by atoms with Crippen LogP contribution in [0.1, 0.15) is 37.6 Å². The van der Waals surface area contributed by atoms with E-state index in [9.17, 15) is 13.2 Å². The van der Waals surface area contributed by atoms with E-state index in [1.807, 2.05) is 52.0 Å². The minimum Gasteiger partial charge on any atom is -0.379 e. The van der Waals surface area contributed by atoms with Crippen LogP contribution in [-0.4, -0.2) is 79.7 Å². The van der Waals surface area contributed by atoms with Crippen molar-refractivity contribution < 1.29 is 17.9 Å². The fraction of sp³-hybridized carbons (Fsp3) is 0.600. The maximum atomic E-state index is 13.4. The molecule has 0 aliphatic carbocycles. The van der Waals surface area contributed by atoms with Gasteiger partial charge in [0.25, 0.3) is 0 Å². The van der Waals surface area contributed by atoms with E-state index in [1.54, 1.807) is 15.7 Å². The standard InChI is InChI=1S/C25H39N5O4S/c1-5-26-24(31)29(11-10-28-12-14-34-15-13-28)18-23-16-27-25(30(23)17-20(2)3)35(32,33)19-22-9-7-6-8-21(22)4/h6-9,16,20H,5,10-15,17-19H2,1-4H3,(H,26,31). The van der Waals surface area contributed by atoms with Crippen LogP contribution in [0.4, 0.5) is 4.79 Å². The van der Waals surface area contributed by atoms with Gasteiger partial charge in [0, 0.05) is 39.3 Å². The fourth-order valence-electron chi connectivity index (χ4n) is 4.17. The molecule has 35 heavy (non-hydrogen) atoms. The Morgan fingerprint density at radius 2 is 1.94 bits per heavy atom. The van der Waals surface area contributed by atoms with E-state index in [0.29, 0.717) is 32.8 Å². The monoisotopic (exact) mass is 505 g/mol. The van der Waals surface area contributed by atoms with Crippen molar-refractivity contribution >= 4 is 15.9 Å². The average molecular weight is 506 g/mol. The van der Waals surface area contributed by atoms with Crippen LogP contribution in [0.25, 0.3) is 0 Å². The van der Waals surface area contributed by atoms with Gasteiger partial charge in [0.05, 0.1) is 37.4 Å². The molecule has 1 aliphatic heterocycles. The highest BCUT2D eigenvalue weighted by molar-refractivity contribution is 7.90. The minimum absolute atomic E-state index is 0.0634. The molecule has 1 saturated heterocycles. The van der Waals surface area contributed by atoms with Crippen molar-refractivity contribution in [2.24, 2.45) is 5.92 Å². The molecule has 1 aromatic carbocycles. The predicted octanol–water partition coefficient (Wildman–Crippen LogP) is 2.69. The summed E-state index contributed by atoms with van der Waals surface area (Å²) in [6.45, 7) is 13.5. The molecule has 2 amide bonds. The van der Waals surface area contributed by atoms with Crippen molar-refractivity contribution in [3.63, 3.8) is 0 Å². The molecule has 2 heterocycles. The molecule has 2 aromatic rings. The first-order valence-corrected chi connectivity index (χ1v) is 14.0.